The topological polar surface area (TPSA) is 52.3 Å². The Labute approximate surface area is 94.6 Å². The van der Waals surface area contributed by atoms with Crippen molar-refractivity contribution in [2.24, 2.45) is 5.73 Å². The third-order valence-electron chi connectivity index (χ3n) is 3.95. The second kappa shape index (κ2) is 3.08. The lowest BCUT2D eigenvalue weighted by Crippen LogP contribution is -2.47. The number of fused-ring (bicyclic) bond motifs is 4. The van der Waals surface area contributed by atoms with Crippen LogP contribution in [0.25, 0.3) is 0 Å². The summed E-state index contributed by atoms with van der Waals surface area (Å²) in [6.45, 7) is 0. The number of benzene rings is 1. The van der Waals surface area contributed by atoms with Crippen LogP contribution < -0.4 is 10.5 Å². The number of hydrogen-bond donors (Lipinski definition) is 1. The van der Waals surface area contributed by atoms with Gasteiger partial charge in [0.15, 0.2) is 5.78 Å². The van der Waals surface area contributed by atoms with Crippen LogP contribution in [-0.2, 0) is 0 Å². The molecular weight excluding hydrogens is 202 g/mol. The van der Waals surface area contributed by atoms with Crippen molar-refractivity contribution in [2.75, 3.05) is 7.11 Å². The van der Waals surface area contributed by atoms with Gasteiger partial charge in [-0.25, -0.2) is 0 Å². The van der Waals surface area contributed by atoms with Crippen LogP contribution in [0.15, 0.2) is 18.2 Å². The van der Waals surface area contributed by atoms with Crippen molar-refractivity contribution in [1.29, 1.82) is 0 Å². The Balaban J connectivity index is 2.17. The first-order valence-corrected chi connectivity index (χ1v) is 5.66. The lowest BCUT2D eigenvalue weighted by atomic mass is 9.78. The van der Waals surface area contributed by atoms with E-state index >= 15 is 0 Å². The summed E-state index contributed by atoms with van der Waals surface area (Å²) in [4.78, 5) is 12.3. The Morgan fingerprint density at radius 3 is 3.06 bits per heavy atom. The predicted octanol–water partition coefficient (Wildman–Crippen LogP) is 1.86. The molecule has 16 heavy (non-hydrogen) atoms. The molecule has 0 aliphatic heterocycles. The molecule has 1 saturated carbocycles. The predicted molar refractivity (Wildman–Crippen MR) is 60.8 cm³/mol. The number of carbonyl (C=O) groups excluding carboxylic acids is 1. The SMILES string of the molecule is COc1ccc2c(c1)C(=O)[C@@]1(N)CC[C@H]2C1. The van der Waals surface area contributed by atoms with Gasteiger partial charge in [0.2, 0.25) is 0 Å². The number of ether oxygens (including phenoxy) is 1. The van der Waals surface area contributed by atoms with E-state index in [1.165, 1.54) is 0 Å². The molecule has 0 spiro atoms. The minimum absolute atomic E-state index is 0.0927. The average molecular weight is 217 g/mol. The summed E-state index contributed by atoms with van der Waals surface area (Å²) in [6, 6.07) is 5.77. The number of Topliss-reactive ketones (excluding diaryl/α,β-unsaturated/α-hetero) is 1. The molecule has 2 N–H and O–H groups in total. The first-order valence-electron chi connectivity index (χ1n) is 5.66. The molecule has 0 radical (unpaired) electrons. The van der Waals surface area contributed by atoms with Crippen LogP contribution in [0.5, 0.6) is 5.75 Å². The van der Waals surface area contributed by atoms with E-state index in [2.05, 4.69) is 0 Å². The molecule has 2 atom stereocenters. The molecule has 2 bridgehead atoms. The van der Waals surface area contributed by atoms with Gasteiger partial charge in [-0.15, -0.1) is 0 Å². The zero-order valence-corrected chi connectivity index (χ0v) is 9.32. The van der Waals surface area contributed by atoms with E-state index in [4.69, 9.17) is 10.5 Å². The number of hydrogen-bond acceptors (Lipinski definition) is 3. The van der Waals surface area contributed by atoms with Crippen molar-refractivity contribution in [3.63, 3.8) is 0 Å². The van der Waals surface area contributed by atoms with Crippen molar-refractivity contribution >= 4 is 5.78 Å². The maximum absolute atomic E-state index is 12.3. The van der Waals surface area contributed by atoms with Gasteiger partial charge in [-0.2, -0.15) is 0 Å². The molecule has 2 aliphatic carbocycles. The van der Waals surface area contributed by atoms with Crippen LogP contribution in [-0.4, -0.2) is 18.4 Å². The second-order valence-corrected chi connectivity index (χ2v) is 4.88. The Hall–Kier alpha value is -1.35. The smallest absolute Gasteiger partial charge is 0.183 e. The second-order valence-electron chi connectivity index (χ2n) is 4.88. The van der Waals surface area contributed by atoms with E-state index in [9.17, 15) is 4.79 Å². The van der Waals surface area contributed by atoms with Crippen LogP contribution >= 0.6 is 0 Å². The summed E-state index contributed by atoms with van der Waals surface area (Å²) >= 11 is 0. The fraction of sp³-hybridized carbons (Fsp3) is 0.462. The third-order valence-corrected chi connectivity index (χ3v) is 3.95. The number of nitrogens with two attached hydrogens (primary N) is 1. The molecule has 3 rings (SSSR count). The van der Waals surface area contributed by atoms with Gasteiger partial charge in [-0.05, 0) is 42.9 Å². The highest BCUT2D eigenvalue weighted by Gasteiger charge is 2.48. The van der Waals surface area contributed by atoms with Gasteiger partial charge in [-0.3, -0.25) is 4.79 Å². The molecule has 0 unspecified atom stereocenters. The summed E-state index contributed by atoms with van der Waals surface area (Å²) in [6.07, 6.45) is 2.65. The summed E-state index contributed by atoms with van der Waals surface area (Å²) in [7, 11) is 1.61. The monoisotopic (exact) mass is 217 g/mol. The average Bonchev–Trinajstić information content (AvgIpc) is 2.67. The molecule has 84 valence electrons. The molecular formula is C13H15NO2. The molecule has 3 heteroatoms. The van der Waals surface area contributed by atoms with E-state index in [1.54, 1.807) is 7.11 Å². The van der Waals surface area contributed by atoms with Gasteiger partial charge >= 0.3 is 0 Å². The maximum Gasteiger partial charge on any atom is 0.183 e. The number of methoxy groups -OCH3 is 1. The van der Waals surface area contributed by atoms with E-state index in [0.29, 0.717) is 5.92 Å². The summed E-state index contributed by atoms with van der Waals surface area (Å²) in [5.74, 6) is 1.29. The van der Waals surface area contributed by atoms with Crippen molar-refractivity contribution in [3.8, 4) is 5.75 Å². The van der Waals surface area contributed by atoms with Crippen LogP contribution in [0.2, 0.25) is 0 Å². The Morgan fingerprint density at radius 2 is 2.31 bits per heavy atom. The van der Waals surface area contributed by atoms with Crippen LogP contribution in [0.3, 0.4) is 0 Å². The zero-order chi connectivity index (χ0) is 11.3. The van der Waals surface area contributed by atoms with Crippen molar-refractivity contribution in [1.82, 2.24) is 0 Å². The van der Waals surface area contributed by atoms with E-state index in [1.807, 2.05) is 18.2 Å². The normalized spacial score (nSPS) is 31.4. The fourth-order valence-corrected chi connectivity index (χ4v) is 3.03. The zero-order valence-electron chi connectivity index (χ0n) is 9.32. The van der Waals surface area contributed by atoms with Gasteiger partial charge in [0, 0.05) is 5.56 Å². The minimum Gasteiger partial charge on any atom is -0.497 e. The summed E-state index contributed by atoms with van der Waals surface area (Å²) < 4.78 is 5.16. The number of carbonyl (C=O) groups is 1. The minimum atomic E-state index is -0.607. The van der Waals surface area contributed by atoms with E-state index in [-0.39, 0.29) is 5.78 Å². The molecule has 1 aromatic carbocycles. The highest BCUT2D eigenvalue weighted by molar-refractivity contribution is 6.06. The summed E-state index contributed by atoms with van der Waals surface area (Å²) in [5.41, 5.74) is 7.48. The first-order chi connectivity index (χ1) is 7.64. The Bertz CT molecular complexity index is 469. The summed E-state index contributed by atoms with van der Waals surface area (Å²) in [5, 5.41) is 0. The van der Waals surface area contributed by atoms with E-state index < -0.39 is 5.54 Å². The lowest BCUT2D eigenvalue weighted by molar-refractivity contribution is 0.0881. The number of rotatable bonds is 1. The Morgan fingerprint density at radius 1 is 1.50 bits per heavy atom. The van der Waals surface area contributed by atoms with Crippen molar-refractivity contribution < 1.29 is 9.53 Å². The van der Waals surface area contributed by atoms with Gasteiger partial charge in [0.05, 0.1) is 12.6 Å². The van der Waals surface area contributed by atoms with Crippen LogP contribution in [0.4, 0.5) is 0 Å². The van der Waals surface area contributed by atoms with Crippen LogP contribution in [0, 0.1) is 0 Å². The maximum atomic E-state index is 12.3. The lowest BCUT2D eigenvalue weighted by Gasteiger charge is -2.29. The van der Waals surface area contributed by atoms with Crippen LogP contribution in [0.1, 0.15) is 41.1 Å². The van der Waals surface area contributed by atoms with Gasteiger partial charge in [0.25, 0.3) is 0 Å². The molecule has 2 aliphatic rings. The third kappa shape index (κ3) is 1.15. The highest BCUT2D eigenvalue weighted by Crippen LogP contribution is 2.47. The largest absolute Gasteiger partial charge is 0.497 e. The molecule has 0 saturated heterocycles. The molecule has 1 fully saturated rings. The standard InChI is InChI=1S/C13H15NO2/c1-16-9-2-3-10-8-4-5-13(14,7-8)12(15)11(10)6-9/h2-3,6,8H,4-5,7,14H2,1H3/t8-,13+/m0/s1. The molecule has 1 aromatic rings. The van der Waals surface area contributed by atoms with Crippen molar-refractivity contribution in [3.05, 3.63) is 29.3 Å². The van der Waals surface area contributed by atoms with Gasteiger partial charge < -0.3 is 10.5 Å². The fourth-order valence-electron chi connectivity index (χ4n) is 3.03. The van der Waals surface area contributed by atoms with Gasteiger partial charge in [-0.1, -0.05) is 6.07 Å². The van der Waals surface area contributed by atoms with Crippen molar-refractivity contribution in [2.45, 2.75) is 30.7 Å². The molecule has 0 aromatic heterocycles. The molecule has 3 nitrogen and oxygen atoms in total. The number of ketones is 1. The van der Waals surface area contributed by atoms with E-state index in [0.717, 1.165) is 36.1 Å². The highest BCUT2D eigenvalue weighted by atomic mass is 16.5. The Kier molecular flexibility index (Phi) is 1.89. The quantitative estimate of drug-likeness (QED) is 0.781. The molecule has 0 amide bonds. The molecule has 0 heterocycles. The van der Waals surface area contributed by atoms with Gasteiger partial charge in [0.1, 0.15) is 5.75 Å². The first kappa shape index (κ1) is 9.85.